The van der Waals surface area contributed by atoms with Crippen molar-refractivity contribution < 1.29 is 4.79 Å². The second-order valence-corrected chi connectivity index (χ2v) is 5.92. The number of hydrogen-bond acceptors (Lipinski definition) is 4. The monoisotopic (exact) mass is 307 g/mol. The summed E-state index contributed by atoms with van der Waals surface area (Å²) in [5.41, 5.74) is 1.78. The van der Waals surface area contributed by atoms with Gasteiger partial charge in [0.15, 0.2) is 0 Å². The second-order valence-electron chi connectivity index (χ2n) is 4.76. The molecule has 0 atom stereocenters. The van der Waals surface area contributed by atoms with Gasteiger partial charge in [-0.2, -0.15) is 10.4 Å². The van der Waals surface area contributed by atoms with E-state index in [4.69, 9.17) is 5.26 Å². The Balaban J connectivity index is 1.74. The molecule has 0 saturated heterocycles. The Bertz CT molecular complexity index is 794. The SMILES string of the molecule is N#Cc1ccc(C(=O)n2ccc(/C=C/C3=CCCS3)n2)cc1. The smallest absolute Gasteiger partial charge is 0.267 e. The molecule has 0 radical (unpaired) electrons. The molecule has 108 valence electrons. The van der Waals surface area contributed by atoms with Crippen molar-refractivity contribution in [2.45, 2.75) is 6.42 Å². The molecule has 0 fully saturated rings. The Morgan fingerprint density at radius 1 is 1.27 bits per heavy atom. The van der Waals surface area contributed by atoms with Crippen LogP contribution in [-0.4, -0.2) is 21.4 Å². The minimum atomic E-state index is -0.210. The van der Waals surface area contributed by atoms with Crippen LogP contribution in [0.2, 0.25) is 0 Å². The summed E-state index contributed by atoms with van der Waals surface area (Å²) in [6, 6.07) is 10.4. The van der Waals surface area contributed by atoms with Crippen LogP contribution in [0, 0.1) is 11.3 Å². The Morgan fingerprint density at radius 3 is 2.77 bits per heavy atom. The van der Waals surface area contributed by atoms with Gasteiger partial charge in [0.2, 0.25) is 0 Å². The first-order valence-electron chi connectivity index (χ1n) is 6.88. The summed E-state index contributed by atoms with van der Waals surface area (Å²) < 4.78 is 1.32. The van der Waals surface area contributed by atoms with Crippen LogP contribution in [0.25, 0.3) is 6.08 Å². The Labute approximate surface area is 132 Å². The van der Waals surface area contributed by atoms with E-state index in [1.54, 1.807) is 36.5 Å². The zero-order valence-corrected chi connectivity index (χ0v) is 12.6. The van der Waals surface area contributed by atoms with Gasteiger partial charge in [-0.1, -0.05) is 6.08 Å². The van der Waals surface area contributed by atoms with E-state index >= 15 is 0 Å². The molecule has 2 aromatic rings. The quantitative estimate of drug-likeness (QED) is 0.871. The summed E-state index contributed by atoms with van der Waals surface area (Å²) in [4.78, 5) is 13.5. The summed E-state index contributed by atoms with van der Waals surface area (Å²) in [6.07, 6.45) is 8.88. The minimum Gasteiger partial charge on any atom is -0.267 e. The first-order chi connectivity index (χ1) is 10.8. The van der Waals surface area contributed by atoms with Gasteiger partial charge in [-0.3, -0.25) is 4.79 Å². The lowest BCUT2D eigenvalue weighted by Crippen LogP contribution is -2.12. The van der Waals surface area contributed by atoms with Crippen LogP contribution in [0.1, 0.15) is 28.0 Å². The highest BCUT2D eigenvalue weighted by atomic mass is 32.2. The van der Waals surface area contributed by atoms with Gasteiger partial charge in [0.1, 0.15) is 0 Å². The molecule has 1 aliphatic rings. The third-order valence-corrected chi connectivity index (χ3v) is 4.31. The minimum absolute atomic E-state index is 0.210. The molecule has 0 saturated carbocycles. The first-order valence-corrected chi connectivity index (χ1v) is 7.86. The van der Waals surface area contributed by atoms with Gasteiger partial charge in [-0.15, -0.1) is 11.8 Å². The van der Waals surface area contributed by atoms with Gasteiger partial charge in [0.05, 0.1) is 17.3 Å². The second kappa shape index (κ2) is 6.46. The maximum atomic E-state index is 12.3. The van der Waals surface area contributed by atoms with Gasteiger partial charge in [-0.05, 0) is 48.9 Å². The molecular formula is C17H13N3OS. The van der Waals surface area contributed by atoms with Crippen LogP contribution in [0.4, 0.5) is 0 Å². The predicted molar refractivity (Wildman–Crippen MR) is 87.3 cm³/mol. The van der Waals surface area contributed by atoms with E-state index in [0.29, 0.717) is 11.1 Å². The molecule has 5 heteroatoms. The average Bonchev–Trinajstić information content (AvgIpc) is 3.24. The van der Waals surface area contributed by atoms with Crippen LogP contribution in [0.5, 0.6) is 0 Å². The maximum absolute atomic E-state index is 12.3. The van der Waals surface area contributed by atoms with E-state index in [1.165, 1.54) is 9.59 Å². The third kappa shape index (κ3) is 3.18. The molecule has 0 amide bonds. The summed E-state index contributed by atoms with van der Waals surface area (Å²) in [5, 5.41) is 13.0. The van der Waals surface area contributed by atoms with Crippen LogP contribution in [-0.2, 0) is 0 Å². The highest BCUT2D eigenvalue weighted by Crippen LogP contribution is 2.26. The molecule has 2 heterocycles. The van der Waals surface area contributed by atoms with Crippen molar-refractivity contribution in [3.05, 3.63) is 70.4 Å². The summed E-state index contributed by atoms with van der Waals surface area (Å²) in [6.45, 7) is 0. The number of carbonyl (C=O) groups excluding carboxylic acids is 1. The van der Waals surface area contributed by atoms with Gasteiger partial charge in [0, 0.05) is 22.4 Å². The lowest BCUT2D eigenvalue weighted by Gasteiger charge is -2.00. The Kier molecular flexibility index (Phi) is 4.22. The third-order valence-electron chi connectivity index (χ3n) is 3.23. The normalized spacial score (nSPS) is 14.0. The number of aromatic nitrogens is 2. The topological polar surface area (TPSA) is 58.7 Å². The molecule has 1 aromatic carbocycles. The fourth-order valence-corrected chi connectivity index (χ4v) is 2.95. The fourth-order valence-electron chi connectivity index (χ4n) is 2.08. The van der Waals surface area contributed by atoms with Crippen LogP contribution in [0.15, 0.2) is 53.6 Å². The maximum Gasteiger partial charge on any atom is 0.278 e. The van der Waals surface area contributed by atoms with Crippen molar-refractivity contribution in [1.29, 1.82) is 5.26 Å². The number of nitriles is 1. The van der Waals surface area contributed by atoms with Crippen molar-refractivity contribution in [1.82, 2.24) is 9.78 Å². The van der Waals surface area contributed by atoms with E-state index in [9.17, 15) is 4.79 Å². The van der Waals surface area contributed by atoms with Gasteiger partial charge in [-0.25, -0.2) is 4.68 Å². The van der Waals surface area contributed by atoms with Gasteiger partial charge < -0.3 is 0 Å². The highest BCUT2D eigenvalue weighted by Gasteiger charge is 2.09. The Hall–Kier alpha value is -2.58. The number of thioether (sulfide) groups is 1. The van der Waals surface area contributed by atoms with Crippen molar-refractivity contribution in [2.24, 2.45) is 0 Å². The molecule has 0 N–H and O–H groups in total. The predicted octanol–water partition coefficient (Wildman–Crippen LogP) is 3.48. The van der Waals surface area contributed by atoms with Crippen molar-refractivity contribution in [3.8, 4) is 6.07 Å². The molecule has 0 spiro atoms. The molecule has 22 heavy (non-hydrogen) atoms. The number of carbonyl (C=O) groups is 1. The van der Waals surface area contributed by atoms with E-state index < -0.39 is 0 Å². The number of nitrogens with zero attached hydrogens (tertiary/aromatic N) is 3. The van der Waals surface area contributed by atoms with E-state index in [0.717, 1.165) is 17.9 Å². The highest BCUT2D eigenvalue weighted by molar-refractivity contribution is 8.03. The van der Waals surface area contributed by atoms with Crippen molar-refractivity contribution in [3.63, 3.8) is 0 Å². The molecule has 0 bridgehead atoms. The molecule has 1 aromatic heterocycles. The number of allylic oxidation sites excluding steroid dienone is 2. The molecule has 3 rings (SSSR count). The first kappa shape index (κ1) is 14.4. The van der Waals surface area contributed by atoms with Crippen LogP contribution < -0.4 is 0 Å². The largest absolute Gasteiger partial charge is 0.278 e. The van der Waals surface area contributed by atoms with Crippen molar-refractivity contribution >= 4 is 23.7 Å². The van der Waals surface area contributed by atoms with Crippen LogP contribution in [0.3, 0.4) is 0 Å². The van der Waals surface area contributed by atoms with Crippen LogP contribution >= 0.6 is 11.8 Å². The lowest BCUT2D eigenvalue weighted by molar-refractivity contribution is 0.0945. The number of rotatable bonds is 3. The number of benzene rings is 1. The standard InChI is InChI=1S/C17H13N3OS/c18-12-13-3-5-14(6-4-13)17(21)20-10-9-15(19-20)7-8-16-2-1-11-22-16/h2-10H,1,11H2/b8-7+. The molecule has 0 unspecified atom stereocenters. The number of hydrogen-bond donors (Lipinski definition) is 0. The van der Waals surface area contributed by atoms with E-state index in [-0.39, 0.29) is 5.91 Å². The van der Waals surface area contributed by atoms with E-state index in [1.807, 2.05) is 30.0 Å². The summed E-state index contributed by atoms with van der Waals surface area (Å²) in [5.74, 6) is 0.921. The summed E-state index contributed by atoms with van der Waals surface area (Å²) >= 11 is 1.82. The lowest BCUT2D eigenvalue weighted by atomic mass is 10.1. The zero-order chi connectivity index (χ0) is 15.4. The van der Waals surface area contributed by atoms with Gasteiger partial charge in [0.25, 0.3) is 5.91 Å². The molecule has 1 aliphatic heterocycles. The average molecular weight is 307 g/mol. The Morgan fingerprint density at radius 2 is 2.09 bits per heavy atom. The van der Waals surface area contributed by atoms with Crippen molar-refractivity contribution in [2.75, 3.05) is 5.75 Å². The fraction of sp³-hybridized carbons (Fsp3) is 0.118. The van der Waals surface area contributed by atoms with Gasteiger partial charge >= 0.3 is 0 Å². The molecular weight excluding hydrogens is 294 g/mol. The van der Waals surface area contributed by atoms with E-state index in [2.05, 4.69) is 11.2 Å². The summed E-state index contributed by atoms with van der Waals surface area (Å²) in [7, 11) is 0. The molecule has 4 nitrogen and oxygen atoms in total. The molecule has 0 aliphatic carbocycles. The zero-order valence-electron chi connectivity index (χ0n) is 11.8.